The van der Waals surface area contributed by atoms with Gasteiger partial charge in [0.2, 0.25) is 5.91 Å². The molecule has 0 aromatic heterocycles. The fraction of sp³-hybridized carbons (Fsp3) is 0.125. The first-order valence-corrected chi connectivity index (χ1v) is 11.2. The second kappa shape index (κ2) is 11.3. The summed E-state index contributed by atoms with van der Waals surface area (Å²) in [6.45, 7) is 2.03. The van der Waals surface area contributed by atoms with Crippen LogP contribution in [0.4, 0.5) is 17.1 Å². The Morgan fingerprint density at radius 1 is 0.906 bits per heavy atom. The molecule has 6 nitrogen and oxygen atoms in total. The molecule has 1 amide bonds. The van der Waals surface area contributed by atoms with Crippen LogP contribution in [0.1, 0.15) is 15.9 Å². The number of esters is 1. The van der Waals surface area contributed by atoms with Gasteiger partial charge in [-0.2, -0.15) is 0 Å². The maximum absolute atomic E-state index is 12.4. The quantitative estimate of drug-likeness (QED) is 0.247. The molecule has 0 saturated heterocycles. The normalized spacial score (nSPS) is 10.2. The highest BCUT2D eigenvalue weighted by Crippen LogP contribution is 2.23. The van der Waals surface area contributed by atoms with Crippen molar-refractivity contribution in [3.05, 3.63) is 83.9 Å². The smallest absolute Gasteiger partial charge is 0.339 e. The largest absolute Gasteiger partial charge is 0.465 e. The summed E-state index contributed by atoms with van der Waals surface area (Å²) in [5.41, 5.74) is 3.64. The maximum Gasteiger partial charge on any atom is 0.339 e. The highest BCUT2D eigenvalue weighted by atomic mass is 32.2. The highest BCUT2D eigenvalue weighted by molar-refractivity contribution is 8.00. The van der Waals surface area contributed by atoms with Crippen molar-refractivity contribution in [3.63, 3.8) is 0 Å². The lowest BCUT2D eigenvalue weighted by Crippen LogP contribution is -2.19. The molecule has 0 fully saturated rings. The first kappa shape index (κ1) is 23.3. The number of anilines is 3. The Morgan fingerprint density at radius 3 is 2.38 bits per heavy atom. The number of aryl methyl sites for hydroxylation is 1. The monoisotopic (exact) mass is 465 g/mol. The Balaban J connectivity index is 1.54. The number of para-hydroxylation sites is 1. The molecule has 164 valence electrons. The number of nitrogens with one attached hydrogen (secondary N) is 3. The zero-order valence-electron chi connectivity index (χ0n) is 17.7. The Kier molecular flexibility index (Phi) is 8.24. The minimum absolute atomic E-state index is 0.186. The van der Waals surface area contributed by atoms with Crippen molar-refractivity contribution in [1.82, 2.24) is 0 Å². The SMILES string of the molecule is COC(=O)c1ccccc1NC(=O)CSc1cccc(NC(=S)Nc2ccc(C)cc2)c1. The summed E-state index contributed by atoms with van der Waals surface area (Å²) in [5.74, 6) is -0.533. The topological polar surface area (TPSA) is 79.5 Å². The van der Waals surface area contributed by atoms with Gasteiger partial charge < -0.3 is 20.7 Å². The lowest BCUT2D eigenvalue weighted by atomic mass is 10.2. The van der Waals surface area contributed by atoms with Crippen LogP contribution in [0.25, 0.3) is 0 Å². The fourth-order valence-electron chi connectivity index (χ4n) is 2.81. The van der Waals surface area contributed by atoms with Gasteiger partial charge in [0, 0.05) is 16.3 Å². The van der Waals surface area contributed by atoms with E-state index >= 15 is 0 Å². The van der Waals surface area contributed by atoms with E-state index in [4.69, 9.17) is 17.0 Å². The summed E-state index contributed by atoms with van der Waals surface area (Å²) in [4.78, 5) is 25.2. The van der Waals surface area contributed by atoms with Gasteiger partial charge in [-0.05, 0) is 61.6 Å². The van der Waals surface area contributed by atoms with Crippen molar-refractivity contribution < 1.29 is 14.3 Å². The molecule has 0 saturated carbocycles. The number of rotatable bonds is 7. The molecule has 8 heteroatoms. The maximum atomic E-state index is 12.4. The first-order valence-electron chi connectivity index (χ1n) is 9.79. The lowest BCUT2D eigenvalue weighted by Gasteiger charge is -2.12. The van der Waals surface area contributed by atoms with E-state index < -0.39 is 5.97 Å². The number of ether oxygens (including phenoxy) is 1. The third kappa shape index (κ3) is 6.83. The molecule has 0 atom stereocenters. The van der Waals surface area contributed by atoms with Gasteiger partial charge in [0.05, 0.1) is 24.1 Å². The molecule has 0 spiro atoms. The summed E-state index contributed by atoms with van der Waals surface area (Å²) >= 11 is 6.77. The van der Waals surface area contributed by atoms with E-state index in [2.05, 4.69) is 16.0 Å². The number of carbonyl (C=O) groups is 2. The number of carbonyl (C=O) groups excluding carboxylic acids is 2. The van der Waals surface area contributed by atoms with E-state index in [1.165, 1.54) is 24.4 Å². The van der Waals surface area contributed by atoms with Crippen molar-refractivity contribution >= 4 is 58.0 Å². The second-order valence-electron chi connectivity index (χ2n) is 6.85. The molecular formula is C24H23N3O3S2. The Morgan fingerprint density at radius 2 is 1.62 bits per heavy atom. The average Bonchev–Trinajstić information content (AvgIpc) is 2.79. The minimum atomic E-state index is -0.498. The van der Waals surface area contributed by atoms with Crippen LogP contribution in [-0.2, 0) is 9.53 Å². The number of hydrogen-bond acceptors (Lipinski definition) is 5. The minimum Gasteiger partial charge on any atom is -0.465 e. The van der Waals surface area contributed by atoms with Crippen molar-refractivity contribution in [2.45, 2.75) is 11.8 Å². The van der Waals surface area contributed by atoms with Crippen LogP contribution in [-0.4, -0.2) is 29.9 Å². The van der Waals surface area contributed by atoms with Crippen LogP contribution < -0.4 is 16.0 Å². The van der Waals surface area contributed by atoms with Gasteiger partial charge in [-0.1, -0.05) is 35.9 Å². The molecule has 0 aliphatic heterocycles. The molecule has 0 aliphatic rings. The molecule has 0 radical (unpaired) electrons. The Bertz CT molecular complexity index is 1120. The zero-order chi connectivity index (χ0) is 22.9. The van der Waals surface area contributed by atoms with Gasteiger partial charge in [-0.25, -0.2) is 4.79 Å². The second-order valence-corrected chi connectivity index (χ2v) is 8.30. The van der Waals surface area contributed by atoms with Gasteiger partial charge in [0.25, 0.3) is 0 Å². The first-order chi connectivity index (χ1) is 15.4. The van der Waals surface area contributed by atoms with Crippen molar-refractivity contribution in [3.8, 4) is 0 Å². The molecule has 3 rings (SSSR count). The van der Waals surface area contributed by atoms with Crippen LogP contribution in [0.5, 0.6) is 0 Å². The third-order valence-corrected chi connectivity index (χ3v) is 5.58. The van der Waals surface area contributed by atoms with E-state index in [1.807, 2.05) is 55.5 Å². The van der Waals surface area contributed by atoms with Crippen molar-refractivity contribution in [2.24, 2.45) is 0 Å². The number of benzene rings is 3. The fourth-order valence-corrected chi connectivity index (χ4v) is 3.80. The van der Waals surface area contributed by atoms with E-state index in [0.717, 1.165) is 16.3 Å². The predicted molar refractivity (Wildman–Crippen MR) is 135 cm³/mol. The molecule has 3 aromatic rings. The van der Waals surface area contributed by atoms with E-state index in [0.29, 0.717) is 16.4 Å². The number of amides is 1. The molecule has 0 aliphatic carbocycles. The average molecular weight is 466 g/mol. The summed E-state index contributed by atoms with van der Waals surface area (Å²) in [5, 5.41) is 9.55. The predicted octanol–water partition coefficient (Wildman–Crippen LogP) is 5.32. The van der Waals surface area contributed by atoms with E-state index in [1.54, 1.807) is 24.3 Å². The number of hydrogen-bond donors (Lipinski definition) is 3. The Labute approximate surface area is 196 Å². The van der Waals surface area contributed by atoms with Crippen LogP contribution in [0.3, 0.4) is 0 Å². The van der Waals surface area contributed by atoms with Gasteiger partial charge in [-0.15, -0.1) is 11.8 Å². The number of thiocarbonyl (C=S) groups is 1. The molecule has 0 unspecified atom stereocenters. The van der Waals surface area contributed by atoms with Crippen LogP contribution >= 0.6 is 24.0 Å². The third-order valence-electron chi connectivity index (χ3n) is 4.38. The lowest BCUT2D eigenvalue weighted by molar-refractivity contribution is -0.113. The summed E-state index contributed by atoms with van der Waals surface area (Å²) < 4.78 is 4.76. The van der Waals surface area contributed by atoms with E-state index in [9.17, 15) is 9.59 Å². The van der Waals surface area contributed by atoms with Crippen molar-refractivity contribution in [1.29, 1.82) is 0 Å². The van der Waals surface area contributed by atoms with Crippen LogP contribution in [0.15, 0.2) is 77.7 Å². The number of thioether (sulfide) groups is 1. The summed E-state index contributed by atoms with van der Waals surface area (Å²) in [6, 6.07) is 22.3. The summed E-state index contributed by atoms with van der Waals surface area (Å²) in [6.07, 6.45) is 0. The molecule has 32 heavy (non-hydrogen) atoms. The molecule has 3 N–H and O–H groups in total. The highest BCUT2D eigenvalue weighted by Gasteiger charge is 2.13. The van der Waals surface area contributed by atoms with Crippen molar-refractivity contribution in [2.75, 3.05) is 28.8 Å². The van der Waals surface area contributed by atoms with Gasteiger partial charge in [0.15, 0.2) is 5.11 Å². The van der Waals surface area contributed by atoms with Crippen LogP contribution in [0, 0.1) is 6.92 Å². The van der Waals surface area contributed by atoms with E-state index in [-0.39, 0.29) is 11.7 Å². The summed E-state index contributed by atoms with van der Waals surface area (Å²) in [7, 11) is 1.31. The molecule has 3 aromatic carbocycles. The standard InChI is InChI=1S/C24H23N3O3S2/c1-16-10-12-17(13-11-16)25-24(31)26-18-6-5-7-19(14-18)32-15-22(28)27-21-9-4-3-8-20(21)23(29)30-2/h3-14H,15H2,1-2H3,(H,27,28)(H2,25,26,31). The van der Waals surface area contributed by atoms with Gasteiger partial charge >= 0.3 is 5.97 Å². The number of methoxy groups -OCH3 is 1. The molecular weight excluding hydrogens is 442 g/mol. The van der Waals surface area contributed by atoms with Gasteiger partial charge in [0.1, 0.15) is 0 Å². The molecule has 0 bridgehead atoms. The van der Waals surface area contributed by atoms with Crippen LogP contribution in [0.2, 0.25) is 0 Å². The van der Waals surface area contributed by atoms with Gasteiger partial charge in [-0.3, -0.25) is 4.79 Å². The molecule has 0 heterocycles. The Hall–Kier alpha value is -3.36. The zero-order valence-corrected chi connectivity index (χ0v) is 19.3.